The number of amides is 1. The van der Waals surface area contributed by atoms with Crippen molar-refractivity contribution in [3.63, 3.8) is 0 Å². The van der Waals surface area contributed by atoms with Gasteiger partial charge in [-0.25, -0.2) is 13.2 Å². The second kappa shape index (κ2) is 9.00. The molecule has 29 heavy (non-hydrogen) atoms. The molecular formula is C19H30N4O5S. The summed E-state index contributed by atoms with van der Waals surface area (Å²) in [5.41, 5.74) is 0.525. The summed E-state index contributed by atoms with van der Waals surface area (Å²) in [4.78, 5) is 27.8. The molecule has 1 aliphatic rings. The van der Waals surface area contributed by atoms with E-state index in [1.807, 2.05) is 30.6 Å². The number of aromatic carboxylic acids is 1. The number of carbonyl (C=O) groups is 2. The SMILES string of the molecule is CCS(=O)(=O)Nc1ccc(N2CCN(CC(=O)NC(C)(C)C)CC2)c(C(=O)O)c1. The van der Waals surface area contributed by atoms with Crippen LogP contribution in [-0.2, 0) is 14.8 Å². The van der Waals surface area contributed by atoms with Crippen LogP contribution in [0.2, 0.25) is 0 Å². The normalized spacial score (nSPS) is 15.8. The van der Waals surface area contributed by atoms with Crippen LogP contribution in [-0.4, -0.2) is 74.3 Å². The number of anilines is 2. The Balaban J connectivity index is 2.06. The van der Waals surface area contributed by atoms with E-state index in [2.05, 4.69) is 10.0 Å². The number of nitrogens with one attached hydrogen (secondary N) is 2. The van der Waals surface area contributed by atoms with Crippen LogP contribution in [0.5, 0.6) is 0 Å². The van der Waals surface area contributed by atoms with Crippen LogP contribution >= 0.6 is 0 Å². The Morgan fingerprint density at radius 3 is 2.28 bits per heavy atom. The molecular weight excluding hydrogens is 396 g/mol. The number of carboxylic acid groups (broad SMARTS) is 1. The number of carbonyl (C=O) groups excluding carboxylic acids is 1. The predicted octanol–water partition coefficient (Wildman–Crippen LogP) is 1.18. The van der Waals surface area contributed by atoms with Crippen molar-refractivity contribution in [3.8, 4) is 0 Å². The number of sulfonamides is 1. The molecule has 162 valence electrons. The third-order valence-corrected chi connectivity index (χ3v) is 5.78. The van der Waals surface area contributed by atoms with Crippen molar-refractivity contribution < 1.29 is 23.1 Å². The van der Waals surface area contributed by atoms with E-state index in [1.54, 1.807) is 12.1 Å². The van der Waals surface area contributed by atoms with Gasteiger partial charge in [0.25, 0.3) is 0 Å². The molecule has 1 aromatic carbocycles. The largest absolute Gasteiger partial charge is 0.478 e. The zero-order valence-corrected chi connectivity index (χ0v) is 18.2. The third-order valence-electron chi connectivity index (χ3n) is 4.47. The fraction of sp³-hybridized carbons (Fsp3) is 0.579. The minimum atomic E-state index is -3.49. The zero-order chi connectivity index (χ0) is 21.8. The summed E-state index contributed by atoms with van der Waals surface area (Å²) in [6.45, 7) is 10.0. The summed E-state index contributed by atoms with van der Waals surface area (Å²) >= 11 is 0. The highest BCUT2D eigenvalue weighted by molar-refractivity contribution is 7.92. The first-order valence-corrected chi connectivity index (χ1v) is 11.2. The molecule has 9 nitrogen and oxygen atoms in total. The number of carboxylic acids is 1. The van der Waals surface area contributed by atoms with E-state index in [0.717, 1.165) is 0 Å². The predicted molar refractivity (Wildman–Crippen MR) is 113 cm³/mol. The highest BCUT2D eigenvalue weighted by Crippen LogP contribution is 2.26. The average molecular weight is 427 g/mol. The molecule has 0 saturated carbocycles. The molecule has 0 radical (unpaired) electrons. The van der Waals surface area contributed by atoms with Crippen molar-refractivity contribution in [3.05, 3.63) is 23.8 Å². The molecule has 1 saturated heterocycles. The first-order valence-electron chi connectivity index (χ1n) is 9.56. The Kier molecular flexibility index (Phi) is 7.12. The van der Waals surface area contributed by atoms with E-state index in [4.69, 9.17) is 0 Å². The number of rotatable bonds is 7. The average Bonchev–Trinajstić information content (AvgIpc) is 2.60. The first kappa shape index (κ1) is 23.0. The molecule has 0 aromatic heterocycles. The highest BCUT2D eigenvalue weighted by Gasteiger charge is 2.24. The monoisotopic (exact) mass is 426 g/mol. The Bertz CT molecular complexity index is 856. The van der Waals surface area contributed by atoms with Crippen LogP contribution in [0.4, 0.5) is 11.4 Å². The van der Waals surface area contributed by atoms with E-state index in [9.17, 15) is 23.1 Å². The number of piperazine rings is 1. The van der Waals surface area contributed by atoms with Crippen molar-refractivity contribution >= 4 is 33.3 Å². The molecule has 1 fully saturated rings. The van der Waals surface area contributed by atoms with Crippen molar-refractivity contribution in [2.24, 2.45) is 0 Å². The smallest absolute Gasteiger partial charge is 0.337 e. The van der Waals surface area contributed by atoms with Crippen LogP contribution in [0.15, 0.2) is 18.2 Å². The summed E-state index contributed by atoms with van der Waals surface area (Å²) in [7, 11) is -3.49. The van der Waals surface area contributed by atoms with Gasteiger partial charge in [0.05, 0.1) is 23.5 Å². The molecule has 2 rings (SSSR count). The van der Waals surface area contributed by atoms with E-state index >= 15 is 0 Å². The van der Waals surface area contributed by atoms with Crippen LogP contribution in [0.1, 0.15) is 38.1 Å². The van der Waals surface area contributed by atoms with Gasteiger partial charge in [-0.1, -0.05) is 0 Å². The second-order valence-corrected chi connectivity index (χ2v) is 10.1. The zero-order valence-electron chi connectivity index (χ0n) is 17.4. The Hall–Kier alpha value is -2.33. The lowest BCUT2D eigenvalue weighted by molar-refractivity contribution is -0.123. The molecule has 3 N–H and O–H groups in total. The number of benzene rings is 1. The number of hydrogen-bond acceptors (Lipinski definition) is 6. The number of nitrogens with zero attached hydrogens (tertiary/aromatic N) is 2. The third kappa shape index (κ3) is 6.90. The van der Waals surface area contributed by atoms with E-state index in [-0.39, 0.29) is 28.4 Å². The lowest BCUT2D eigenvalue weighted by Crippen LogP contribution is -2.52. The van der Waals surface area contributed by atoms with Crippen molar-refractivity contribution in [1.82, 2.24) is 10.2 Å². The minimum Gasteiger partial charge on any atom is -0.478 e. The first-order chi connectivity index (χ1) is 13.4. The van der Waals surface area contributed by atoms with Gasteiger partial charge in [-0.15, -0.1) is 0 Å². The summed E-state index contributed by atoms with van der Waals surface area (Å²) in [6.07, 6.45) is 0. The molecule has 0 spiro atoms. The van der Waals surface area contributed by atoms with Crippen molar-refractivity contribution in [2.45, 2.75) is 33.2 Å². The quantitative estimate of drug-likeness (QED) is 0.599. The second-order valence-electron chi connectivity index (χ2n) is 8.10. The standard InChI is InChI=1S/C19H30N4O5S/c1-5-29(27,28)21-14-6-7-16(15(12-14)18(25)26)23-10-8-22(9-11-23)13-17(24)20-19(2,3)4/h6-7,12,21H,5,8-11,13H2,1-4H3,(H,20,24)(H,25,26). The topological polar surface area (TPSA) is 119 Å². The maximum absolute atomic E-state index is 12.1. The lowest BCUT2D eigenvalue weighted by atomic mass is 10.1. The molecule has 0 aliphatic carbocycles. The molecule has 1 aliphatic heterocycles. The fourth-order valence-electron chi connectivity index (χ4n) is 3.11. The minimum absolute atomic E-state index is 0.0373. The van der Waals surface area contributed by atoms with Gasteiger partial charge in [0, 0.05) is 37.4 Å². The van der Waals surface area contributed by atoms with Crippen LogP contribution in [0, 0.1) is 0 Å². The molecule has 0 unspecified atom stereocenters. The summed E-state index contributed by atoms with van der Waals surface area (Å²) in [5.74, 6) is -1.25. The van der Waals surface area contributed by atoms with Gasteiger partial charge in [0.15, 0.2) is 0 Å². The Labute approximate surface area is 172 Å². The summed E-state index contributed by atoms with van der Waals surface area (Å²) < 4.78 is 25.9. The summed E-state index contributed by atoms with van der Waals surface area (Å²) in [5, 5.41) is 12.5. The van der Waals surface area contributed by atoms with Crippen LogP contribution in [0.25, 0.3) is 0 Å². The Morgan fingerprint density at radius 2 is 1.76 bits per heavy atom. The van der Waals surface area contributed by atoms with Crippen molar-refractivity contribution in [2.75, 3.05) is 48.1 Å². The van der Waals surface area contributed by atoms with Gasteiger partial charge in [-0.05, 0) is 45.9 Å². The molecule has 1 amide bonds. The van der Waals surface area contributed by atoms with Gasteiger partial charge in [-0.2, -0.15) is 0 Å². The van der Waals surface area contributed by atoms with Gasteiger partial charge in [0.1, 0.15) is 0 Å². The van der Waals surface area contributed by atoms with Crippen LogP contribution < -0.4 is 14.9 Å². The van der Waals surface area contributed by atoms with Gasteiger partial charge in [-0.3, -0.25) is 14.4 Å². The van der Waals surface area contributed by atoms with E-state index < -0.39 is 16.0 Å². The molecule has 1 heterocycles. The van der Waals surface area contributed by atoms with E-state index in [0.29, 0.717) is 38.4 Å². The highest BCUT2D eigenvalue weighted by atomic mass is 32.2. The van der Waals surface area contributed by atoms with Gasteiger partial charge >= 0.3 is 5.97 Å². The van der Waals surface area contributed by atoms with E-state index in [1.165, 1.54) is 13.0 Å². The van der Waals surface area contributed by atoms with Gasteiger partial charge < -0.3 is 15.3 Å². The Morgan fingerprint density at radius 1 is 1.14 bits per heavy atom. The van der Waals surface area contributed by atoms with Crippen molar-refractivity contribution in [1.29, 1.82) is 0 Å². The number of hydrogen-bond donors (Lipinski definition) is 3. The summed E-state index contributed by atoms with van der Waals surface area (Å²) in [6, 6.07) is 4.53. The van der Waals surface area contributed by atoms with Gasteiger partial charge in [0.2, 0.25) is 15.9 Å². The maximum atomic E-state index is 12.1. The molecule has 1 aromatic rings. The molecule has 0 atom stereocenters. The lowest BCUT2D eigenvalue weighted by Gasteiger charge is -2.36. The van der Waals surface area contributed by atoms with Crippen LogP contribution in [0.3, 0.4) is 0 Å². The maximum Gasteiger partial charge on any atom is 0.337 e. The molecule has 10 heteroatoms. The fourth-order valence-corrected chi connectivity index (χ4v) is 3.74. The molecule has 0 bridgehead atoms.